The number of rotatable bonds is 9. The van der Waals surface area contributed by atoms with Crippen LogP contribution in [0.4, 0.5) is 5.69 Å². The van der Waals surface area contributed by atoms with Gasteiger partial charge in [0.1, 0.15) is 0 Å². The van der Waals surface area contributed by atoms with Crippen molar-refractivity contribution in [2.45, 2.75) is 19.5 Å². The Kier molecular flexibility index (Phi) is 7.08. The number of anilines is 1. The summed E-state index contributed by atoms with van der Waals surface area (Å²) >= 11 is 1.52. The minimum atomic E-state index is -0.460. The van der Waals surface area contributed by atoms with Crippen LogP contribution in [0.3, 0.4) is 0 Å². The Morgan fingerprint density at radius 3 is 2.79 bits per heavy atom. The van der Waals surface area contributed by atoms with Crippen molar-refractivity contribution >= 4 is 22.9 Å². The van der Waals surface area contributed by atoms with Crippen molar-refractivity contribution in [1.82, 2.24) is 15.1 Å². The van der Waals surface area contributed by atoms with Gasteiger partial charge in [-0.25, -0.2) is 0 Å². The molecule has 0 spiro atoms. The van der Waals surface area contributed by atoms with Crippen molar-refractivity contribution in [3.05, 3.63) is 53.2 Å². The number of hydrogen-bond donors (Lipinski definition) is 1. The zero-order valence-corrected chi connectivity index (χ0v) is 17.0. The molecule has 0 fully saturated rings. The van der Waals surface area contributed by atoms with E-state index in [1.165, 1.54) is 11.3 Å². The molecule has 0 saturated heterocycles. The number of carbonyl (C=O) groups is 1. The van der Waals surface area contributed by atoms with Gasteiger partial charge in [-0.1, -0.05) is 6.07 Å². The lowest BCUT2D eigenvalue weighted by Gasteiger charge is -2.26. The Balaban J connectivity index is 1.67. The number of nitriles is 1. The molecule has 0 aliphatic rings. The number of methoxy groups -OCH3 is 1. The number of ether oxygens (including phenoxy) is 1. The monoisotopic (exact) mass is 411 g/mol. The van der Waals surface area contributed by atoms with Gasteiger partial charge in [0.25, 0.3) is 5.89 Å². The Morgan fingerprint density at radius 1 is 1.34 bits per heavy atom. The maximum absolute atomic E-state index is 12.7. The largest absolute Gasteiger partial charge is 0.419 e. The molecule has 8 nitrogen and oxygen atoms in total. The number of amides is 1. The molecule has 0 radical (unpaired) electrons. The summed E-state index contributed by atoms with van der Waals surface area (Å²) in [4.78, 5) is 15.5. The molecule has 3 rings (SSSR count). The zero-order valence-electron chi connectivity index (χ0n) is 16.2. The second kappa shape index (κ2) is 9.93. The smallest absolute Gasteiger partial charge is 0.257 e. The highest BCUT2D eigenvalue weighted by atomic mass is 32.1. The summed E-state index contributed by atoms with van der Waals surface area (Å²) in [7, 11) is 1.61. The van der Waals surface area contributed by atoms with Crippen LogP contribution in [0.25, 0.3) is 10.8 Å². The van der Waals surface area contributed by atoms with Gasteiger partial charge in [0.05, 0.1) is 35.7 Å². The molecule has 1 amide bonds. The molecule has 0 aliphatic carbocycles. The fourth-order valence-corrected chi connectivity index (χ4v) is 3.29. The lowest BCUT2D eigenvalue weighted by atomic mass is 10.2. The molecule has 0 aliphatic heterocycles. The third-order valence-corrected chi connectivity index (χ3v) is 5.19. The van der Waals surface area contributed by atoms with E-state index in [0.29, 0.717) is 42.7 Å². The van der Waals surface area contributed by atoms with Crippen LogP contribution in [0.15, 0.2) is 46.2 Å². The van der Waals surface area contributed by atoms with Crippen molar-refractivity contribution in [2.75, 3.05) is 25.6 Å². The second-order valence-electron chi connectivity index (χ2n) is 6.30. The zero-order chi connectivity index (χ0) is 20.6. The molecule has 0 saturated carbocycles. The molecule has 3 aromatic rings. The molecule has 2 aromatic heterocycles. The van der Waals surface area contributed by atoms with Crippen LogP contribution >= 0.6 is 11.3 Å². The van der Waals surface area contributed by atoms with Crippen molar-refractivity contribution in [3.8, 4) is 16.8 Å². The topological polar surface area (TPSA) is 104 Å². The quantitative estimate of drug-likeness (QED) is 0.577. The first-order valence-corrected chi connectivity index (χ1v) is 9.89. The molecule has 9 heteroatoms. The van der Waals surface area contributed by atoms with Gasteiger partial charge in [0.2, 0.25) is 11.8 Å². The molecule has 0 bridgehead atoms. The summed E-state index contributed by atoms with van der Waals surface area (Å²) < 4.78 is 10.9. The van der Waals surface area contributed by atoms with E-state index in [2.05, 4.69) is 21.6 Å². The molecule has 1 aromatic carbocycles. The summed E-state index contributed by atoms with van der Waals surface area (Å²) in [6, 6.07) is 12.2. The van der Waals surface area contributed by atoms with Crippen molar-refractivity contribution in [2.24, 2.45) is 0 Å². The molecular formula is C20H21N5O3S. The van der Waals surface area contributed by atoms with Gasteiger partial charge >= 0.3 is 0 Å². The predicted molar refractivity (Wildman–Crippen MR) is 109 cm³/mol. The lowest BCUT2D eigenvalue weighted by molar-refractivity contribution is -0.121. The first kappa shape index (κ1) is 20.7. The van der Waals surface area contributed by atoms with Crippen LogP contribution in [-0.4, -0.2) is 47.3 Å². The molecule has 2 heterocycles. The minimum absolute atomic E-state index is 0.177. The molecule has 1 atom stereocenters. The molecule has 1 N–H and O–H groups in total. The Bertz CT molecular complexity index is 963. The Morgan fingerprint density at radius 2 is 2.14 bits per heavy atom. The first-order valence-electron chi connectivity index (χ1n) is 9.01. The maximum atomic E-state index is 12.7. The number of nitrogens with one attached hydrogen (secondary N) is 1. The van der Waals surface area contributed by atoms with Crippen LogP contribution in [0.5, 0.6) is 0 Å². The van der Waals surface area contributed by atoms with Gasteiger partial charge in [-0.2, -0.15) is 5.26 Å². The summed E-state index contributed by atoms with van der Waals surface area (Å²) in [6.45, 7) is 3.12. The number of hydrogen-bond acceptors (Lipinski definition) is 8. The molecular weight excluding hydrogens is 390 g/mol. The average Bonchev–Trinajstić information content (AvgIpc) is 3.43. The van der Waals surface area contributed by atoms with E-state index >= 15 is 0 Å². The number of benzene rings is 1. The van der Waals surface area contributed by atoms with E-state index in [1.807, 2.05) is 29.3 Å². The van der Waals surface area contributed by atoms with Gasteiger partial charge < -0.3 is 14.5 Å². The first-order chi connectivity index (χ1) is 14.1. The SMILES string of the molecule is COCCN(Cc1nnc(-c2cccs2)o1)[C@@H](C)C(=O)Nc1ccc(C#N)cc1. The van der Waals surface area contributed by atoms with E-state index in [4.69, 9.17) is 14.4 Å². The van der Waals surface area contributed by atoms with Crippen LogP contribution in [-0.2, 0) is 16.1 Å². The fourth-order valence-electron chi connectivity index (χ4n) is 2.65. The number of nitrogens with zero attached hydrogens (tertiary/aromatic N) is 4. The van der Waals surface area contributed by atoms with Gasteiger partial charge in [-0.15, -0.1) is 21.5 Å². The van der Waals surface area contributed by atoms with Crippen LogP contribution in [0.1, 0.15) is 18.4 Å². The van der Waals surface area contributed by atoms with Gasteiger partial charge in [-0.05, 0) is 42.6 Å². The Labute approximate surface area is 172 Å². The highest BCUT2D eigenvalue weighted by molar-refractivity contribution is 7.13. The highest BCUT2D eigenvalue weighted by Crippen LogP contribution is 2.23. The molecule has 150 valence electrons. The third-order valence-electron chi connectivity index (χ3n) is 4.33. The maximum Gasteiger partial charge on any atom is 0.257 e. The normalized spacial score (nSPS) is 11.9. The average molecular weight is 411 g/mol. The van der Waals surface area contributed by atoms with E-state index in [1.54, 1.807) is 31.4 Å². The van der Waals surface area contributed by atoms with Crippen LogP contribution in [0, 0.1) is 11.3 Å². The second-order valence-corrected chi connectivity index (χ2v) is 7.24. The summed E-state index contributed by atoms with van der Waals surface area (Å²) in [5.41, 5.74) is 1.17. The van der Waals surface area contributed by atoms with E-state index in [9.17, 15) is 4.79 Å². The third kappa shape index (κ3) is 5.48. The summed E-state index contributed by atoms with van der Waals surface area (Å²) in [6.07, 6.45) is 0. The molecule has 29 heavy (non-hydrogen) atoms. The van der Waals surface area contributed by atoms with E-state index in [0.717, 1.165) is 4.88 Å². The van der Waals surface area contributed by atoms with Crippen LogP contribution in [0.2, 0.25) is 0 Å². The number of thiophene rings is 1. The van der Waals surface area contributed by atoms with Gasteiger partial charge in [0.15, 0.2) is 0 Å². The lowest BCUT2D eigenvalue weighted by Crippen LogP contribution is -2.43. The standard InChI is InChI=1S/C20H21N5O3S/c1-14(19(26)22-16-7-5-15(12-21)6-8-16)25(9-10-27-2)13-18-23-24-20(28-18)17-4-3-11-29-17/h3-8,11,14H,9-10,13H2,1-2H3,(H,22,26)/t14-/m0/s1. The van der Waals surface area contributed by atoms with E-state index in [-0.39, 0.29) is 5.91 Å². The number of carbonyl (C=O) groups excluding carboxylic acids is 1. The predicted octanol–water partition coefficient (Wildman–Crippen LogP) is 3.15. The van der Waals surface area contributed by atoms with Crippen LogP contribution < -0.4 is 5.32 Å². The van der Waals surface area contributed by atoms with Crippen molar-refractivity contribution < 1.29 is 13.9 Å². The van der Waals surface area contributed by atoms with Crippen molar-refractivity contribution in [1.29, 1.82) is 5.26 Å². The summed E-state index contributed by atoms with van der Waals surface area (Å²) in [5, 5.41) is 21.9. The summed E-state index contributed by atoms with van der Waals surface area (Å²) in [5.74, 6) is 0.725. The molecule has 0 unspecified atom stereocenters. The van der Waals surface area contributed by atoms with Crippen molar-refractivity contribution in [3.63, 3.8) is 0 Å². The highest BCUT2D eigenvalue weighted by Gasteiger charge is 2.24. The Hall–Kier alpha value is -3.06. The minimum Gasteiger partial charge on any atom is -0.419 e. The van der Waals surface area contributed by atoms with Gasteiger partial charge in [-0.3, -0.25) is 9.69 Å². The fraction of sp³-hybridized carbons (Fsp3) is 0.300. The van der Waals surface area contributed by atoms with E-state index < -0.39 is 6.04 Å². The van der Waals surface area contributed by atoms with Gasteiger partial charge in [0, 0.05) is 19.3 Å². The number of aromatic nitrogens is 2.